The summed E-state index contributed by atoms with van der Waals surface area (Å²) >= 11 is 0. The summed E-state index contributed by atoms with van der Waals surface area (Å²) < 4.78 is 10.9. The van der Waals surface area contributed by atoms with Gasteiger partial charge in [0.25, 0.3) is 0 Å². The molecule has 0 aromatic carbocycles. The van der Waals surface area contributed by atoms with Gasteiger partial charge >= 0.3 is 6.09 Å². The minimum absolute atomic E-state index is 0.0613. The minimum Gasteiger partial charge on any atom is -0.444 e. The Morgan fingerprint density at radius 1 is 1.40 bits per heavy atom. The van der Waals surface area contributed by atoms with Gasteiger partial charge in [-0.25, -0.2) is 4.79 Å². The van der Waals surface area contributed by atoms with Gasteiger partial charge < -0.3 is 20.1 Å². The molecule has 1 fully saturated rings. The van der Waals surface area contributed by atoms with Crippen LogP contribution >= 0.6 is 0 Å². The van der Waals surface area contributed by atoms with Crippen LogP contribution in [0.3, 0.4) is 0 Å². The third kappa shape index (κ3) is 7.10. The molecule has 0 bridgehead atoms. The molecular formula is C15H30N2O3. The first-order valence-corrected chi connectivity index (χ1v) is 7.60. The summed E-state index contributed by atoms with van der Waals surface area (Å²) in [6.07, 6.45) is 2.24. The summed E-state index contributed by atoms with van der Waals surface area (Å²) in [7, 11) is 0. The van der Waals surface area contributed by atoms with E-state index in [4.69, 9.17) is 9.47 Å². The molecule has 1 saturated heterocycles. The quantitative estimate of drug-likeness (QED) is 0.786. The van der Waals surface area contributed by atoms with Crippen molar-refractivity contribution in [2.24, 2.45) is 5.92 Å². The van der Waals surface area contributed by atoms with Gasteiger partial charge in [0.05, 0.1) is 6.10 Å². The van der Waals surface area contributed by atoms with Crippen molar-refractivity contribution in [1.29, 1.82) is 0 Å². The highest BCUT2D eigenvalue weighted by atomic mass is 16.6. The molecule has 1 aliphatic heterocycles. The second-order valence-electron chi connectivity index (χ2n) is 6.79. The van der Waals surface area contributed by atoms with Crippen molar-refractivity contribution in [3.8, 4) is 0 Å². The zero-order chi connectivity index (χ0) is 15.2. The number of carbonyl (C=O) groups excluding carboxylic acids is 1. The van der Waals surface area contributed by atoms with Crippen molar-refractivity contribution in [3.05, 3.63) is 0 Å². The van der Waals surface area contributed by atoms with Crippen molar-refractivity contribution in [1.82, 2.24) is 10.6 Å². The molecule has 118 valence electrons. The van der Waals surface area contributed by atoms with E-state index in [-0.39, 0.29) is 12.1 Å². The molecule has 5 nitrogen and oxygen atoms in total. The molecule has 5 heteroatoms. The topological polar surface area (TPSA) is 59.6 Å². The highest BCUT2D eigenvalue weighted by Gasteiger charge is 2.22. The number of carbonyl (C=O) groups is 1. The van der Waals surface area contributed by atoms with Crippen LogP contribution in [0.5, 0.6) is 0 Å². The van der Waals surface area contributed by atoms with Gasteiger partial charge in [0, 0.05) is 25.7 Å². The van der Waals surface area contributed by atoms with Gasteiger partial charge in [-0.3, -0.25) is 0 Å². The Morgan fingerprint density at radius 3 is 2.60 bits per heavy atom. The van der Waals surface area contributed by atoms with Gasteiger partial charge in [-0.15, -0.1) is 0 Å². The van der Waals surface area contributed by atoms with E-state index in [1.165, 1.54) is 0 Å². The molecule has 0 aromatic heterocycles. The van der Waals surface area contributed by atoms with Crippen LogP contribution in [0, 0.1) is 5.92 Å². The molecule has 20 heavy (non-hydrogen) atoms. The van der Waals surface area contributed by atoms with E-state index in [9.17, 15) is 4.79 Å². The Hall–Kier alpha value is -0.810. The maximum atomic E-state index is 11.8. The number of hydrogen-bond acceptors (Lipinski definition) is 4. The predicted octanol–water partition coefficient (Wildman–Crippen LogP) is 2.30. The van der Waals surface area contributed by atoms with Crippen molar-refractivity contribution in [3.63, 3.8) is 0 Å². The molecule has 1 heterocycles. The second-order valence-corrected chi connectivity index (χ2v) is 6.79. The molecule has 2 N–H and O–H groups in total. The summed E-state index contributed by atoms with van der Waals surface area (Å²) in [5.41, 5.74) is -0.462. The summed E-state index contributed by atoms with van der Waals surface area (Å²) in [6.45, 7) is 12.2. The number of hydrogen-bond donors (Lipinski definition) is 2. The fourth-order valence-corrected chi connectivity index (χ4v) is 2.12. The molecule has 0 aromatic rings. The van der Waals surface area contributed by atoms with Gasteiger partial charge in [0.2, 0.25) is 0 Å². The second kappa shape index (κ2) is 7.84. The summed E-state index contributed by atoms with van der Waals surface area (Å²) in [4.78, 5) is 11.8. The van der Waals surface area contributed by atoms with E-state index in [2.05, 4.69) is 24.5 Å². The lowest BCUT2D eigenvalue weighted by Crippen LogP contribution is -2.48. The third-order valence-electron chi connectivity index (χ3n) is 3.27. The Kier molecular flexibility index (Phi) is 6.76. The highest BCUT2D eigenvalue weighted by Crippen LogP contribution is 2.11. The molecule has 0 spiro atoms. The zero-order valence-corrected chi connectivity index (χ0v) is 13.5. The van der Waals surface area contributed by atoms with Crippen LogP contribution in [0.25, 0.3) is 0 Å². The fourth-order valence-electron chi connectivity index (χ4n) is 2.12. The normalized spacial score (nSPS) is 21.0. The fraction of sp³-hybridized carbons (Fsp3) is 0.933. The summed E-state index contributed by atoms with van der Waals surface area (Å²) in [5.74, 6) is 0.347. The van der Waals surface area contributed by atoms with E-state index in [1.54, 1.807) is 0 Å². The van der Waals surface area contributed by atoms with Crippen LogP contribution < -0.4 is 10.6 Å². The molecule has 1 aliphatic rings. The zero-order valence-electron chi connectivity index (χ0n) is 13.5. The molecule has 1 amide bonds. The number of alkyl carbamates (subject to hydrolysis) is 1. The SMILES string of the molecule is CC(C)C(CNCC1CCCO1)NC(=O)OC(C)(C)C. The largest absolute Gasteiger partial charge is 0.444 e. The standard InChI is InChI=1S/C15H30N2O3/c1-11(2)13(17-14(18)20-15(3,4)5)10-16-9-12-7-6-8-19-12/h11-13,16H,6-10H2,1-5H3,(H,17,18). The van der Waals surface area contributed by atoms with Crippen LogP contribution in [-0.2, 0) is 9.47 Å². The first-order valence-electron chi connectivity index (χ1n) is 7.60. The monoisotopic (exact) mass is 286 g/mol. The molecule has 2 unspecified atom stereocenters. The van der Waals surface area contributed by atoms with Crippen LogP contribution in [0.15, 0.2) is 0 Å². The summed E-state index contributed by atoms with van der Waals surface area (Å²) in [6, 6.07) is 0.0613. The van der Waals surface area contributed by atoms with Gasteiger partial charge in [-0.05, 0) is 39.5 Å². The molecule has 1 rings (SSSR count). The minimum atomic E-state index is -0.462. The number of nitrogens with one attached hydrogen (secondary N) is 2. The Bertz CT molecular complexity index is 294. The van der Waals surface area contributed by atoms with Crippen LogP contribution in [0.1, 0.15) is 47.5 Å². The Balaban J connectivity index is 2.30. The Morgan fingerprint density at radius 2 is 2.10 bits per heavy atom. The third-order valence-corrected chi connectivity index (χ3v) is 3.27. The van der Waals surface area contributed by atoms with E-state index >= 15 is 0 Å². The predicted molar refractivity (Wildman–Crippen MR) is 79.8 cm³/mol. The Labute approximate surface area is 122 Å². The van der Waals surface area contributed by atoms with Crippen LogP contribution in [0.2, 0.25) is 0 Å². The van der Waals surface area contributed by atoms with Crippen LogP contribution in [-0.4, -0.2) is 43.5 Å². The highest BCUT2D eigenvalue weighted by molar-refractivity contribution is 5.68. The number of ether oxygens (including phenoxy) is 2. The average Bonchev–Trinajstić information content (AvgIpc) is 2.77. The van der Waals surface area contributed by atoms with Gasteiger partial charge in [-0.1, -0.05) is 13.8 Å². The van der Waals surface area contributed by atoms with Crippen LogP contribution in [0.4, 0.5) is 4.79 Å². The molecule has 2 atom stereocenters. The smallest absolute Gasteiger partial charge is 0.407 e. The maximum Gasteiger partial charge on any atom is 0.407 e. The summed E-state index contributed by atoms with van der Waals surface area (Å²) in [5, 5.41) is 6.32. The van der Waals surface area contributed by atoms with E-state index in [1.807, 2.05) is 20.8 Å². The van der Waals surface area contributed by atoms with Crippen molar-refractivity contribution in [2.75, 3.05) is 19.7 Å². The molecule has 0 aliphatic carbocycles. The average molecular weight is 286 g/mol. The first-order chi connectivity index (χ1) is 9.28. The number of amides is 1. The lowest BCUT2D eigenvalue weighted by atomic mass is 10.0. The lowest BCUT2D eigenvalue weighted by molar-refractivity contribution is 0.0488. The number of rotatable bonds is 6. The van der Waals surface area contributed by atoms with Crippen molar-refractivity contribution < 1.29 is 14.3 Å². The van der Waals surface area contributed by atoms with Gasteiger partial charge in [0.15, 0.2) is 0 Å². The maximum absolute atomic E-state index is 11.8. The van der Waals surface area contributed by atoms with E-state index in [0.717, 1.165) is 32.5 Å². The van der Waals surface area contributed by atoms with Gasteiger partial charge in [-0.2, -0.15) is 0 Å². The van der Waals surface area contributed by atoms with Gasteiger partial charge in [0.1, 0.15) is 5.60 Å². The van der Waals surface area contributed by atoms with Crippen molar-refractivity contribution >= 4 is 6.09 Å². The molecule has 0 radical (unpaired) electrons. The molecule has 0 saturated carbocycles. The van der Waals surface area contributed by atoms with Crippen molar-refractivity contribution in [2.45, 2.75) is 65.2 Å². The molecular weight excluding hydrogens is 256 g/mol. The lowest BCUT2D eigenvalue weighted by Gasteiger charge is -2.26. The van der Waals surface area contributed by atoms with E-state index < -0.39 is 5.60 Å². The first kappa shape index (κ1) is 17.2. The van der Waals surface area contributed by atoms with E-state index in [0.29, 0.717) is 12.0 Å².